The van der Waals surface area contributed by atoms with Crippen LogP contribution < -0.4 is 11.1 Å². The number of carboxylic acid groups (broad SMARTS) is 1. The standard InChI is InChI=1S/C12H16N2O4/c1-7(12(17)18)14-11(16)10(15)9(13)8-5-3-2-4-6-8/h2-7,9-10,15H,13H2,1H3,(H,14,16)(H,17,18)/t7-,9-,10+/m0/s1. The van der Waals surface area contributed by atoms with Gasteiger partial charge < -0.3 is 21.3 Å². The molecular weight excluding hydrogens is 236 g/mol. The van der Waals surface area contributed by atoms with Gasteiger partial charge in [0.2, 0.25) is 0 Å². The molecule has 0 aliphatic carbocycles. The fraction of sp³-hybridized carbons (Fsp3) is 0.333. The van der Waals surface area contributed by atoms with Crippen LogP contribution in [-0.2, 0) is 9.59 Å². The van der Waals surface area contributed by atoms with E-state index in [9.17, 15) is 14.7 Å². The largest absolute Gasteiger partial charge is 0.480 e. The SMILES string of the molecule is C[C@H](NC(=O)[C@H](O)[C@@H](N)c1ccccc1)C(=O)O. The number of carbonyl (C=O) groups excluding carboxylic acids is 1. The highest BCUT2D eigenvalue weighted by atomic mass is 16.4. The highest BCUT2D eigenvalue weighted by Gasteiger charge is 2.26. The Hall–Kier alpha value is -1.92. The third-order valence-corrected chi connectivity index (χ3v) is 2.52. The predicted octanol–water partition coefficient (Wildman–Crippen LogP) is -0.363. The Bertz CT molecular complexity index is 421. The van der Waals surface area contributed by atoms with Crippen LogP contribution in [0.15, 0.2) is 30.3 Å². The van der Waals surface area contributed by atoms with Crippen LogP contribution in [0.4, 0.5) is 0 Å². The lowest BCUT2D eigenvalue weighted by atomic mass is 10.0. The maximum atomic E-state index is 11.6. The van der Waals surface area contributed by atoms with E-state index in [0.717, 1.165) is 0 Å². The molecule has 0 aliphatic rings. The zero-order valence-electron chi connectivity index (χ0n) is 9.91. The third kappa shape index (κ3) is 3.54. The van der Waals surface area contributed by atoms with Gasteiger partial charge in [0.05, 0.1) is 6.04 Å². The topological polar surface area (TPSA) is 113 Å². The average molecular weight is 252 g/mol. The van der Waals surface area contributed by atoms with E-state index in [2.05, 4.69) is 5.32 Å². The normalized spacial score (nSPS) is 15.5. The van der Waals surface area contributed by atoms with Crippen LogP contribution >= 0.6 is 0 Å². The van der Waals surface area contributed by atoms with Crippen molar-refractivity contribution in [1.82, 2.24) is 5.32 Å². The van der Waals surface area contributed by atoms with E-state index in [4.69, 9.17) is 10.8 Å². The Morgan fingerprint density at radius 2 is 1.83 bits per heavy atom. The van der Waals surface area contributed by atoms with Crippen molar-refractivity contribution in [3.63, 3.8) is 0 Å². The van der Waals surface area contributed by atoms with Gasteiger partial charge in [-0.2, -0.15) is 0 Å². The third-order valence-electron chi connectivity index (χ3n) is 2.52. The van der Waals surface area contributed by atoms with Gasteiger partial charge in [0.1, 0.15) is 6.04 Å². The van der Waals surface area contributed by atoms with Gasteiger partial charge in [0.25, 0.3) is 5.91 Å². The molecule has 0 aliphatic heterocycles. The van der Waals surface area contributed by atoms with Crippen molar-refractivity contribution in [2.24, 2.45) is 5.73 Å². The number of carbonyl (C=O) groups is 2. The molecule has 18 heavy (non-hydrogen) atoms. The van der Waals surface area contributed by atoms with E-state index in [1.54, 1.807) is 30.3 Å². The number of amides is 1. The number of nitrogens with one attached hydrogen (secondary N) is 1. The fourth-order valence-electron chi connectivity index (χ4n) is 1.38. The predicted molar refractivity (Wildman–Crippen MR) is 64.6 cm³/mol. The Morgan fingerprint density at radius 1 is 1.28 bits per heavy atom. The van der Waals surface area contributed by atoms with Gasteiger partial charge in [-0.1, -0.05) is 30.3 Å². The van der Waals surface area contributed by atoms with Crippen molar-refractivity contribution in [1.29, 1.82) is 0 Å². The summed E-state index contributed by atoms with van der Waals surface area (Å²) in [4.78, 5) is 22.1. The number of nitrogens with two attached hydrogens (primary N) is 1. The summed E-state index contributed by atoms with van der Waals surface area (Å²) in [5.41, 5.74) is 6.33. The number of hydrogen-bond donors (Lipinski definition) is 4. The van der Waals surface area contributed by atoms with E-state index in [1.807, 2.05) is 0 Å². The quantitative estimate of drug-likeness (QED) is 0.571. The summed E-state index contributed by atoms with van der Waals surface area (Å²) in [5.74, 6) is -1.98. The first-order valence-electron chi connectivity index (χ1n) is 5.45. The Kier molecular flexibility index (Phi) is 4.82. The number of hydrogen-bond acceptors (Lipinski definition) is 4. The molecule has 0 aromatic heterocycles. The minimum atomic E-state index is -1.49. The lowest BCUT2D eigenvalue weighted by molar-refractivity contribution is -0.143. The molecule has 0 bridgehead atoms. The lowest BCUT2D eigenvalue weighted by Gasteiger charge is -2.20. The van der Waals surface area contributed by atoms with E-state index in [1.165, 1.54) is 6.92 Å². The Morgan fingerprint density at radius 3 is 2.33 bits per heavy atom. The number of benzene rings is 1. The van der Waals surface area contributed by atoms with Gasteiger partial charge >= 0.3 is 5.97 Å². The molecule has 0 saturated heterocycles. The van der Waals surface area contributed by atoms with E-state index < -0.39 is 30.1 Å². The van der Waals surface area contributed by atoms with Crippen molar-refractivity contribution in [2.75, 3.05) is 0 Å². The maximum Gasteiger partial charge on any atom is 0.325 e. The fourth-order valence-corrected chi connectivity index (χ4v) is 1.38. The Balaban J connectivity index is 2.67. The second kappa shape index (κ2) is 6.13. The van der Waals surface area contributed by atoms with Crippen LogP contribution in [0.2, 0.25) is 0 Å². The summed E-state index contributed by atoms with van der Waals surface area (Å²) >= 11 is 0. The molecule has 1 aromatic carbocycles. The molecular formula is C12H16N2O4. The number of aliphatic hydroxyl groups is 1. The molecule has 0 radical (unpaired) electrons. The first-order valence-corrected chi connectivity index (χ1v) is 5.45. The molecule has 0 saturated carbocycles. The lowest BCUT2D eigenvalue weighted by Crippen LogP contribution is -2.47. The van der Waals surface area contributed by atoms with E-state index in [0.29, 0.717) is 5.56 Å². The molecule has 0 fully saturated rings. The van der Waals surface area contributed by atoms with Crippen LogP contribution in [-0.4, -0.2) is 34.2 Å². The van der Waals surface area contributed by atoms with Crippen molar-refractivity contribution < 1.29 is 19.8 Å². The molecule has 3 atom stereocenters. The summed E-state index contributed by atoms with van der Waals surface area (Å²) in [7, 11) is 0. The summed E-state index contributed by atoms with van der Waals surface area (Å²) in [6, 6.07) is 6.65. The molecule has 6 heteroatoms. The average Bonchev–Trinajstić information content (AvgIpc) is 2.37. The molecule has 1 aromatic rings. The zero-order chi connectivity index (χ0) is 13.7. The van der Waals surface area contributed by atoms with Crippen LogP contribution in [0.5, 0.6) is 0 Å². The number of carboxylic acids is 1. The molecule has 98 valence electrons. The zero-order valence-corrected chi connectivity index (χ0v) is 9.91. The maximum absolute atomic E-state index is 11.6. The van der Waals surface area contributed by atoms with Crippen LogP contribution in [0.3, 0.4) is 0 Å². The van der Waals surface area contributed by atoms with Crippen molar-refractivity contribution in [3.05, 3.63) is 35.9 Å². The summed E-state index contributed by atoms with van der Waals surface area (Å²) in [6.07, 6.45) is -1.49. The summed E-state index contributed by atoms with van der Waals surface area (Å²) in [5, 5.41) is 20.5. The van der Waals surface area contributed by atoms with Gasteiger partial charge in [0.15, 0.2) is 6.10 Å². The van der Waals surface area contributed by atoms with Crippen molar-refractivity contribution in [3.8, 4) is 0 Å². The highest BCUT2D eigenvalue weighted by Crippen LogP contribution is 2.13. The van der Waals surface area contributed by atoms with Crippen LogP contribution in [0, 0.1) is 0 Å². The smallest absolute Gasteiger partial charge is 0.325 e. The van der Waals surface area contributed by atoms with Gasteiger partial charge in [0, 0.05) is 0 Å². The number of aliphatic carboxylic acids is 1. The molecule has 0 spiro atoms. The molecule has 0 unspecified atom stereocenters. The van der Waals surface area contributed by atoms with Gasteiger partial charge in [-0.05, 0) is 12.5 Å². The van der Waals surface area contributed by atoms with Gasteiger partial charge in [-0.15, -0.1) is 0 Å². The van der Waals surface area contributed by atoms with Gasteiger partial charge in [-0.3, -0.25) is 9.59 Å². The second-order valence-electron chi connectivity index (χ2n) is 3.95. The first-order chi connectivity index (χ1) is 8.43. The summed E-state index contributed by atoms with van der Waals surface area (Å²) in [6.45, 7) is 1.31. The minimum Gasteiger partial charge on any atom is -0.480 e. The van der Waals surface area contributed by atoms with Crippen LogP contribution in [0.1, 0.15) is 18.5 Å². The molecule has 1 rings (SSSR count). The molecule has 1 amide bonds. The van der Waals surface area contributed by atoms with Crippen LogP contribution in [0.25, 0.3) is 0 Å². The second-order valence-corrected chi connectivity index (χ2v) is 3.95. The van der Waals surface area contributed by atoms with Gasteiger partial charge in [-0.25, -0.2) is 0 Å². The van der Waals surface area contributed by atoms with E-state index >= 15 is 0 Å². The van der Waals surface area contributed by atoms with Crippen molar-refractivity contribution >= 4 is 11.9 Å². The Labute approximate surface area is 104 Å². The number of aliphatic hydroxyl groups excluding tert-OH is 1. The summed E-state index contributed by atoms with van der Waals surface area (Å²) < 4.78 is 0. The molecule has 6 nitrogen and oxygen atoms in total. The molecule has 5 N–H and O–H groups in total. The van der Waals surface area contributed by atoms with E-state index in [-0.39, 0.29) is 0 Å². The highest BCUT2D eigenvalue weighted by molar-refractivity contribution is 5.86. The molecule has 0 heterocycles. The number of rotatable bonds is 5. The van der Waals surface area contributed by atoms with Crippen molar-refractivity contribution in [2.45, 2.75) is 25.1 Å². The minimum absolute atomic E-state index is 0.600. The monoisotopic (exact) mass is 252 g/mol. The first kappa shape index (κ1) is 14.1.